The Bertz CT molecular complexity index is 1570. The number of ether oxygens (including phenoxy) is 2. The van der Waals surface area contributed by atoms with E-state index in [2.05, 4.69) is 5.32 Å². The number of hydrogen-bond acceptors (Lipinski definition) is 6. The fraction of sp³-hybridized carbons (Fsp3) is 0.250. The van der Waals surface area contributed by atoms with E-state index in [1.165, 1.54) is 30.3 Å². The second kappa shape index (κ2) is 11.2. The number of esters is 1. The summed E-state index contributed by atoms with van der Waals surface area (Å²) in [5.74, 6) is -1.48. The number of nitrogens with one attached hydrogen (secondary N) is 1. The van der Waals surface area contributed by atoms with Gasteiger partial charge in [-0.05, 0) is 48.7 Å². The summed E-state index contributed by atoms with van der Waals surface area (Å²) in [5, 5.41) is 13.5. The number of allylic oxidation sites excluding steroid dienone is 3. The molecule has 6 nitrogen and oxygen atoms in total. The van der Waals surface area contributed by atoms with E-state index in [1.807, 2.05) is 24.3 Å². The lowest BCUT2D eigenvalue weighted by Gasteiger charge is -2.37. The van der Waals surface area contributed by atoms with Crippen LogP contribution in [0.25, 0.3) is 0 Å². The minimum Gasteiger partial charge on any atom is -0.508 e. The Balaban J connectivity index is 1.51. The third-order valence-corrected chi connectivity index (χ3v) is 7.51. The van der Waals surface area contributed by atoms with Gasteiger partial charge >= 0.3 is 12.1 Å². The molecule has 0 spiro atoms. The van der Waals surface area contributed by atoms with E-state index >= 15 is 0 Å². The van der Waals surface area contributed by atoms with Crippen molar-refractivity contribution < 1.29 is 37.3 Å². The van der Waals surface area contributed by atoms with E-state index in [-0.39, 0.29) is 35.0 Å². The molecule has 0 unspecified atom stereocenters. The molecule has 0 amide bonds. The van der Waals surface area contributed by atoms with Gasteiger partial charge in [0.25, 0.3) is 0 Å². The standard InChI is InChI=1S/C32H28F3NO5/c1-18-28(31(39)41-17-20-8-3-5-12-24(20)32(33,34)35)29(19-9-7-10-22(37)14-19)30-25(36-18)15-21(16-26(30)38)23-11-4-6-13-27(23)40-2/h3-14,21,29,36-37H,15-17H2,1-2H3/t21-,29-/m1/s1. The van der Waals surface area contributed by atoms with Crippen LogP contribution in [-0.2, 0) is 27.1 Å². The maximum Gasteiger partial charge on any atom is 0.416 e. The van der Waals surface area contributed by atoms with Gasteiger partial charge in [0.1, 0.15) is 18.1 Å². The highest BCUT2D eigenvalue weighted by molar-refractivity contribution is 6.04. The van der Waals surface area contributed by atoms with Gasteiger partial charge in [0, 0.05) is 40.8 Å². The predicted molar refractivity (Wildman–Crippen MR) is 145 cm³/mol. The molecule has 0 radical (unpaired) electrons. The smallest absolute Gasteiger partial charge is 0.416 e. The number of halogens is 3. The van der Waals surface area contributed by atoms with Gasteiger partial charge in [-0.25, -0.2) is 4.79 Å². The SMILES string of the molecule is COc1ccccc1[C@H]1CC(=O)C2=C(C1)NC(C)=C(C(=O)OCc1ccccc1C(F)(F)F)[C@H]2c1cccc(O)c1. The summed E-state index contributed by atoms with van der Waals surface area (Å²) in [4.78, 5) is 27.3. The lowest BCUT2D eigenvalue weighted by molar-refractivity contribution is -0.144. The Morgan fingerprint density at radius 1 is 1.02 bits per heavy atom. The average molecular weight is 564 g/mol. The van der Waals surface area contributed by atoms with Crippen LogP contribution < -0.4 is 10.1 Å². The van der Waals surface area contributed by atoms with Crippen LogP contribution in [0.1, 0.15) is 53.9 Å². The maximum atomic E-state index is 13.8. The molecule has 1 aliphatic carbocycles. The Labute approximate surface area is 235 Å². The van der Waals surface area contributed by atoms with Crippen LogP contribution in [0.15, 0.2) is 95.3 Å². The van der Waals surface area contributed by atoms with E-state index in [4.69, 9.17) is 9.47 Å². The van der Waals surface area contributed by atoms with E-state index in [0.29, 0.717) is 34.7 Å². The first-order chi connectivity index (χ1) is 19.6. The van der Waals surface area contributed by atoms with Gasteiger partial charge in [-0.15, -0.1) is 0 Å². The normalized spacial score (nSPS) is 19.0. The van der Waals surface area contributed by atoms with Gasteiger partial charge in [0.05, 0.1) is 18.2 Å². The molecule has 0 saturated carbocycles. The highest BCUT2D eigenvalue weighted by Crippen LogP contribution is 2.47. The molecule has 1 heterocycles. The van der Waals surface area contributed by atoms with Crippen LogP contribution >= 0.6 is 0 Å². The first-order valence-electron chi connectivity index (χ1n) is 13.1. The van der Waals surface area contributed by atoms with Crippen molar-refractivity contribution >= 4 is 11.8 Å². The molecule has 0 aromatic heterocycles. The third kappa shape index (κ3) is 5.57. The fourth-order valence-electron chi connectivity index (χ4n) is 5.71. The Morgan fingerprint density at radius 2 is 1.76 bits per heavy atom. The minimum absolute atomic E-state index is 0.0529. The van der Waals surface area contributed by atoms with E-state index < -0.39 is 30.2 Å². The predicted octanol–water partition coefficient (Wildman–Crippen LogP) is 6.52. The minimum atomic E-state index is -4.61. The summed E-state index contributed by atoms with van der Waals surface area (Å²) in [6.45, 7) is 1.06. The van der Waals surface area contributed by atoms with Gasteiger partial charge in [-0.3, -0.25) is 4.79 Å². The number of benzene rings is 3. The fourth-order valence-corrected chi connectivity index (χ4v) is 5.71. The van der Waals surface area contributed by atoms with Gasteiger partial charge in [-0.2, -0.15) is 13.2 Å². The summed E-state index contributed by atoms with van der Waals surface area (Å²) in [6.07, 6.45) is -3.98. The number of hydrogen-bond donors (Lipinski definition) is 2. The van der Waals surface area contributed by atoms with Gasteiger partial charge in [0.2, 0.25) is 0 Å². The second-order valence-corrected chi connectivity index (χ2v) is 10.1. The number of ketones is 1. The Kier molecular flexibility index (Phi) is 7.62. The maximum absolute atomic E-state index is 13.8. The zero-order valence-corrected chi connectivity index (χ0v) is 22.4. The number of phenols is 1. The number of Topliss-reactive ketones (excluding diaryl/α,β-unsaturated/α-hetero) is 1. The van der Waals surface area contributed by atoms with Crippen LogP contribution in [0.4, 0.5) is 13.2 Å². The summed E-state index contributed by atoms with van der Waals surface area (Å²) in [7, 11) is 1.57. The number of alkyl halides is 3. The molecule has 3 aromatic carbocycles. The Hall–Kier alpha value is -4.53. The molecule has 5 rings (SSSR count). The number of phenolic OH excluding ortho intramolecular Hbond substituents is 1. The first-order valence-corrected chi connectivity index (χ1v) is 13.1. The van der Waals surface area contributed by atoms with Gasteiger partial charge in [-0.1, -0.05) is 48.5 Å². The molecule has 0 fully saturated rings. The monoisotopic (exact) mass is 563 g/mol. The Morgan fingerprint density at radius 3 is 2.49 bits per heavy atom. The number of rotatable bonds is 6. The van der Waals surface area contributed by atoms with E-state index in [0.717, 1.165) is 11.6 Å². The zero-order chi connectivity index (χ0) is 29.3. The molecule has 41 heavy (non-hydrogen) atoms. The van der Waals surface area contributed by atoms with E-state index in [9.17, 15) is 27.9 Å². The number of carbonyl (C=O) groups is 2. The molecule has 2 N–H and O–H groups in total. The average Bonchev–Trinajstić information content (AvgIpc) is 2.94. The number of methoxy groups -OCH3 is 1. The second-order valence-electron chi connectivity index (χ2n) is 10.1. The van der Waals surface area contributed by atoms with Crippen LogP contribution in [0.2, 0.25) is 0 Å². The molecular weight excluding hydrogens is 535 g/mol. The summed E-state index contributed by atoms with van der Waals surface area (Å²) in [6, 6.07) is 18.6. The number of carbonyl (C=O) groups excluding carboxylic acids is 2. The number of aromatic hydroxyl groups is 1. The van der Waals surface area contributed by atoms with E-state index in [1.54, 1.807) is 26.2 Å². The van der Waals surface area contributed by atoms with Crippen molar-refractivity contribution in [2.45, 2.75) is 44.4 Å². The van der Waals surface area contributed by atoms with Crippen LogP contribution in [0.5, 0.6) is 11.5 Å². The van der Waals surface area contributed by atoms with Crippen LogP contribution in [0, 0.1) is 0 Å². The lowest BCUT2D eigenvalue weighted by atomic mass is 9.71. The van der Waals surface area contributed by atoms with Crippen molar-refractivity contribution in [2.75, 3.05) is 7.11 Å². The highest BCUT2D eigenvalue weighted by Gasteiger charge is 2.42. The van der Waals surface area contributed by atoms with Crippen molar-refractivity contribution in [1.82, 2.24) is 5.32 Å². The third-order valence-electron chi connectivity index (χ3n) is 7.51. The zero-order valence-electron chi connectivity index (χ0n) is 22.4. The molecule has 3 aromatic rings. The number of dihydropyridines is 1. The van der Waals surface area contributed by atoms with Crippen molar-refractivity contribution in [2.24, 2.45) is 0 Å². The lowest BCUT2D eigenvalue weighted by Crippen LogP contribution is -2.36. The summed E-state index contributed by atoms with van der Waals surface area (Å²) in [5.41, 5.74) is 1.84. The molecule has 0 bridgehead atoms. The number of para-hydroxylation sites is 1. The van der Waals surface area contributed by atoms with Crippen LogP contribution in [-0.4, -0.2) is 24.0 Å². The molecule has 1 aliphatic heterocycles. The van der Waals surface area contributed by atoms with Crippen molar-refractivity contribution in [1.29, 1.82) is 0 Å². The van der Waals surface area contributed by atoms with Gasteiger partial charge in [0.15, 0.2) is 5.78 Å². The molecule has 212 valence electrons. The van der Waals surface area contributed by atoms with Crippen molar-refractivity contribution in [3.05, 3.63) is 118 Å². The van der Waals surface area contributed by atoms with Gasteiger partial charge < -0.3 is 19.9 Å². The molecule has 0 saturated heterocycles. The van der Waals surface area contributed by atoms with Crippen LogP contribution in [0.3, 0.4) is 0 Å². The molecule has 9 heteroatoms. The molecular formula is C32H28F3NO5. The highest BCUT2D eigenvalue weighted by atomic mass is 19.4. The molecule has 2 aliphatic rings. The van der Waals surface area contributed by atoms with Crippen molar-refractivity contribution in [3.63, 3.8) is 0 Å². The van der Waals surface area contributed by atoms with Crippen molar-refractivity contribution in [3.8, 4) is 11.5 Å². The molecule has 2 atom stereocenters. The largest absolute Gasteiger partial charge is 0.508 e. The summed E-state index contributed by atoms with van der Waals surface area (Å²) >= 11 is 0. The quantitative estimate of drug-likeness (QED) is 0.332. The summed E-state index contributed by atoms with van der Waals surface area (Å²) < 4.78 is 51.5. The topological polar surface area (TPSA) is 84.9 Å². The first kappa shape index (κ1) is 28.0.